The minimum atomic E-state index is -4.00. The molecule has 3 aliphatic heterocycles. The van der Waals surface area contributed by atoms with Gasteiger partial charge in [0, 0.05) is 43.9 Å². The van der Waals surface area contributed by atoms with Crippen LogP contribution in [-0.2, 0) is 26.0 Å². The summed E-state index contributed by atoms with van der Waals surface area (Å²) in [4.78, 5) is 54.9. The van der Waals surface area contributed by atoms with Gasteiger partial charge in [-0.2, -0.15) is 4.31 Å². The fraction of sp³-hybridized carbons (Fsp3) is 0.250. The third-order valence-electron chi connectivity index (χ3n) is 8.05. The third-order valence-corrected chi connectivity index (χ3v) is 9.93. The van der Waals surface area contributed by atoms with Gasteiger partial charge in [-0.05, 0) is 42.8 Å². The average molecular weight is 576 g/mol. The first-order valence-electron chi connectivity index (χ1n) is 12.9. The lowest BCUT2D eigenvalue weighted by molar-refractivity contribution is -0.384. The number of anilines is 2. The van der Waals surface area contributed by atoms with Crippen LogP contribution in [-0.4, -0.2) is 61.2 Å². The molecule has 12 nitrogen and oxygen atoms in total. The number of nitro groups is 1. The lowest BCUT2D eigenvalue weighted by atomic mass is 9.67. The SMILES string of the molecule is Cc1ccc(S(=O)(=O)N2CCN3c4ccc([N+](=O)[O-])cc4C[C@@]4(C(=O)NC(=O)N(c5ccccc5)C4=O)[C@H]3C2)cc1. The molecule has 3 aliphatic rings. The number of nitrogens with zero attached hydrogens (tertiary/aromatic N) is 4. The van der Waals surface area contributed by atoms with Crippen LogP contribution in [0.1, 0.15) is 11.1 Å². The number of nitrogens with one attached hydrogen (secondary N) is 1. The van der Waals surface area contributed by atoms with E-state index in [9.17, 15) is 32.9 Å². The molecule has 6 rings (SSSR count). The normalized spacial score (nSPS) is 22.8. The zero-order valence-corrected chi connectivity index (χ0v) is 22.7. The molecular formula is C28H25N5O7S. The fourth-order valence-corrected chi connectivity index (χ4v) is 7.42. The number of piperazine rings is 1. The molecule has 4 amide bonds. The molecular weight excluding hydrogens is 550 g/mol. The van der Waals surface area contributed by atoms with Crippen molar-refractivity contribution >= 4 is 44.9 Å². The van der Waals surface area contributed by atoms with Crippen molar-refractivity contribution in [3.8, 4) is 0 Å². The van der Waals surface area contributed by atoms with Crippen LogP contribution < -0.4 is 15.1 Å². The van der Waals surface area contributed by atoms with Gasteiger partial charge in [-0.15, -0.1) is 0 Å². The van der Waals surface area contributed by atoms with Crippen LogP contribution in [0.2, 0.25) is 0 Å². The zero-order chi connectivity index (χ0) is 29.1. The number of carbonyl (C=O) groups excluding carboxylic acids is 3. The molecule has 3 heterocycles. The topological polar surface area (TPSA) is 150 Å². The lowest BCUT2D eigenvalue weighted by Gasteiger charge is -2.54. The van der Waals surface area contributed by atoms with Crippen LogP contribution in [0.4, 0.5) is 21.9 Å². The van der Waals surface area contributed by atoms with Gasteiger partial charge in [0.2, 0.25) is 15.9 Å². The first kappa shape index (κ1) is 26.6. The molecule has 3 aromatic carbocycles. The predicted molar refractivity (Wildman–Crippen MR) is 148 cm³/mol. The summed E-state index contributed by atoms with van der Waals surface area (Å²) < 4.78 is 28.6. The summed E-state index contributed by atoms with van der Waals surface area (Å²) in [5, 5.41) is 13.9. The Labute approximate surface area is 235 Å². The zero-order valence-electron chi connectivity index (χ0n) is 21.9. The molecule has 2 atom stereocenters. The fourth-order valence-electron chi connectivity index (χ4n) is 5.99. The molecule has 0 saturated carbocycles. The number of rotatable bonds is 4. The third kappa shape index (κ3) is 4.07. The highest BCUT2D eigenvalue weighted by molar-refractivity contribution is 7.89. The Morgan fingerprint density at radius 1 is 0.976 bits per heavy atom. The number of hydrogen-bond donors (Lipinski definition) is 1. The number of aryl methyl sites for hydroxylation is 1. The molecule has 1 N–H and O–H groups in total. The van der Waals surface area contributed by atoms with E-state index < -0.39 is 44.2 Å². The van der Waals surface area contributed by atoms with Crippen molar-refractivity contribution in [1.82, 2.24) is 9.62 Å². The molecule has 0 aromatic heterocycles. The second kappa shape index (κ2) is 9.49. The maximum atomic E-state index is 14.4. The number of hydrogen-bond acceptors (Lipinski definition) is 8. The van der Waals surface area contributed by atoms with Crippen LogP contribution in [0.3, 0.4) is 0 Å². The number of benzene rings is 3. The van der Waals surface area contributed by atoms with Gasteiger partial charge >= 0.3 is 6.03 Å². The standard InChI is InChI=1S/C28H25N5O7S/c1-18-7-10-22(11-8-18)41(39,40)30-13-14-31-23-12-9-21(33(37)38)15-19(23)16-28(24(31)17-30)25(34)29-27(36)32(26(28)35)20-5-3-2-4-6-20/h2-12,15,24H,13-14,16-17H2,1H3,(H,29,34,36)/t24-,28+/m1/s1. The Kier molecular flexibility index (Phi) is 6.16. The number of non-ortho nitro benzene ring substituents is 1. The number of nitro benzene ring substituents is 1. The highest BCUT2D eigenvalue weighted by Gasteiger charge is 2.63. The van der Waals surface area contributed by atoms with E-state index in [0.29, 0.717) is 11.3 Å². The minimum Gasteiger partial charge on any atom is -0.364 e. The molecule has 210 valence electrons. The molecule has 0 unspecified atom stereocenters. The van der Waals surface area contributed by atoms with Gasteiger partial charge in [0.25, 0.3) is 11.6 Å². The van der Waals surface area contributed by atoms with Crippen molar-refractivity contribution in [2.45, 2.75) is 24.3 Å². The van der Waals surface area contributed by atoms with Crippen molar-refractivity contribution in [1.29, 1.82) is 0 Å². The molecule has 13 heteroatoms. The maximum Gasteiger partial charge on any atom is 0.335 e. The van der Waals surface area contributed by atoms with E-state index >= 15 is 0 Å². The highest BCUT2D eigenvalue weighted by atomic mass is 32.2. The molecule has 1 spiro atoms. The van der Waals surface area contributed by atoms with Crippen molar-refractivity contribution in [2.24, 2.45) is 5.41 Å². The molecule has 3 aromatic rings. The number of sulfonamides is 1. The summed E-state index contributed by atoms with van der Waals surface area (Å²) in [6, 6.07) is 16.8. The first-order valence-corrected chi connectivity index (χ1v) is 14.3. The summed E-state index contributed by atoms with van der Waals surface area (Å²) in [5.41, 5.74) is -0.0804. The van der Waals surface area contributed by atoms with E-state index in [4.69, 9.17) is 0 Å². The smallest absolute Gasteiger partial charge is 0.335 e. The van der Waals surface area contributed by atoms with E-state index in [1.165, 1.54) is 28.6 Å². The Morgan fingerprint density at radius 2 is 1.68 bits per heavy atom. The second-order valence-electron chi connectivity index (χ2n) is 10.3. The highest BCUT2D eigenvalue weighted by Crippen LogP contribution is 2.47. The Bertz CT molecular complexity index is 1710. The number of barbiturate groups is 1. The summed E-state index contributed by atoms with van der Waals surface area (Å²) in [5.74, 6) is -1.69. The van der Waals surface area contributed by atoms with Crippen molar-refractivity contribution in [3.05, 3.63) is 94.0 Å². The van der Waals surface area contributed by atoms with Crippen LogP contribution in [0.25, 0.3) is 0 Å². The second-order valence-corrected chi connectivity index (χ2v) is 12.3. The van der Waals surface area contributed by atoms with Gasteiger partial charge in [-0.25, -0.2) is 18.1 Å². The Morgan fingerprint density at radius 3 is 2.37 bits per heavy atom. The molecule has 41 heavy (non-hydrogen) atoms. The van der Waals surface area contributed by atoms with Crippen molar-refractivity contribution < 1.29 is 27.7 Å². The van der Waals surface area contributed by atoms with Crippen LogP contribution in [0.5, 0.6) is 0 Å². The summed E-state index contributed by atoms with van der Waals surface area (Å²) in [7, 11) is -4.00. The quantitative estimate of drug-likeness (QED) is 0.283. The van der Waals surface area contributed by atoms with Gasteiger partial charge < -0.3 is 4.90 Å². The molecule has 0 aliphatic carbocycles. The monoisotopic (exact) mass is 575 g/mol. The number of imide groups is 2. The van der Waals surface area contributed by atoms with Gasteiger partial charge in [-0.3, -0.25) is 25.0 Å². The predicted octanol–water partition coefficient (Wildman–Crippen LogP) is 2.61. The van der Waals surface area contributed by atoms with Gasteiger partial charge in [-0.1, -0.05) is 35.9 Å². The number of amides is 4. The number of carbonyl (C=O) groups is 3. The Balaban J connectivity index is 1.50. The van der Waals surface area contributed by atoms with E-state index in [1.54, 1.807) is 53.4 Å². The van der Waals surface area contributed by atoms with Gasteiger partial charge in [0.05, 0.1) is 21.5 Å². The molecule has 2 saturated heterocycles. The summed E-state index contributed by atoms with van der Waals surface area (Å²) in [6.45, 7) is 1.79. The lowest BCUT2D eigenvalue weighted by Crippen LogP contribution is -2.75. The molecule has 0 bridgehead atoms. The van der Waals surface area contributed by atoms with E-state index in [0.717, 1.165) is 10.5 Å². The van der Waals surface area contributed by atoms with E-state index in [1.807, 2.05) is 6.92 Å². The number of urea groups is 1. The maximum absolute atomic E-state index is 14.4. The first-order chi connectivity index (χ1) is 19.5. The van der Waals surface area contributed by atoms with Crippen molar-refractivity contribution in [3.63, 3.8) is 0 Å². The molecule has 0 radical (unpaired) electrons. The Hall–Kier alpha value is -4.62. The van der Waals surface area contributed by atoms with E-state index in [2.05, 4.69) is 5.32 Å². The minimum absolute atomic E-state index is 0.0519. The largest absolute Gasteiger partial charge is 0.364 e. The van der Waals surface area contributed by atoms with Crippen LogP contribution in [0, 0.1) is 22.5 Å². The number of para-hydroxylation sites is 1. The van der Waals surface area contributed by atoms with Crippen molar-refractivity contribution in [2.75, 3.05) is 29.4 Å². The van der Waals surface area contributed by atoms with Gasteiger partial charge in [0.15, 0.2) is 5.41 Å². The summed E-state index contributed by atoms with van der Waals surface area (Å²) in [6.07, 6.45) is -0.259. The summed E-state index contributed by atoms with van der Waals surface area (Å²) >= 11 is 0. The van der Waals surface area contributed by atoms with Gasteiger partial charge in [0.1, 0.15) is 0 Å². The number of fused-ring (bicyclic) bond motifs is 4. The van der Waals surface area contributed by atoms with E-state index in [-0.39, 0.29) is 42.3 Å². The van der Waals surface area contributed by atoms with Crippen LogP contribution >= 0.6 is 0 Å². The average Bonchev–Trinajstić information content (AvgIpc) is 2.96. The van der Waals surface area contributed by atoms with Crippen LogP contribution in [0.15, 0.2) is 77.7 Å². The molecule has 2 fully saturated rings.